The Morgan fingerprint density at radius 2 is 1.87 bits per heavy atom. The van der Waals surface area contributed by atoms with Gasteiger partial charge in [-0.3, -0.25) is 0 Å². The largest absolute Gasteiger partial charge is 0.491 e. The van der Waals surface area contributed by atoms with Crippen molar-refractivity contribution in [2.75, 3.05) is 11.9 Å². The first-order chi connectivity index (χ1) is 11.0. The standard InChI is InChI=1S/C19H22N2OS/c1-12(2)11-22-17-13(3)10-14(4)18-16(17)21-19(23-18)20-15-8-6-5-7-9-15/h5-10,12H,11H2,1-4H3,(H,20,21). The lowest BCUT2D eigenvalue weighted by atomic mass is 10.1. The normalized spacial score (nSPS) is 11.2. The van der Waals surface area contributed by atoms with Crippen LogP contribution in [-0.4, -0.2) is 11.6 Å². The third-order valence-corrected chi connectivity index (χ3v) is 4.68. The Bertz CT molecular complexity index is 809. The zero-order valence-electron chi connectivity index (χ0n) is 14.0. The maximum atomic E-state index is 6.05. The third-order valence-electron chi connectivity index (χ3n) is 3.58. The Labute approximate surface area is 141 Å². The Kier molecular flexibility index (Phi) is 4.53. The van der Waals surface area contributed by atoms with Gasteiger partial charge < -0.3 is 10.1 Å². The fourth-order valence-corrected chi connectivity index (χ4v) is 3.47. The van der Waals surface area contributed by atoms with Crippen LogP contribution in [0.5, 0.6) is 5.75 Å². The van der Waals surface area contributed by atoms with Gasteiger partial charge in [-0.2, -0.15) is 0 Å². The van der Waals surface area contributed by atoms with E-state index in [0.717, 1.165) is 27.6 Å². The molecule has 0 amide bonds. The summed E-state index contributed by atoms with van der Waals surface area (Å²) in [5.74, 6) is 1.41. The highest BCUT2D eigenvalue weighted by molar-refractivity contribution is 7.22. The number of nitrogens with zero attached hydrogens (tertiary/aromatic N) is 1. The van der Waals surface area contributed by atoms with Gasteiger partial charge >= 0.3 is 0 Å². The Morgan fingerprint density at radius 3 is 2.57 bits per heavy atom. The molecule has 0 saturated heterocycles. The number of fused-ring (bicyclic) bond motifs is 1. The van der Waals surface area contributed by atoms with Crippen LogP contribution in [0, 0.1) is 19.8 Å². The first-order valence-electron chi connectivity index (χ1n) is 7.90. The van der Waals surface area contributed by atoms with Crippen molar-refractivity contribution in [1.29, 1.82) is 0 Å². The van der Waals surface area contributed by atoms with Crippen LogP contribution in [0.25, 0.3) is 10.2 Å². The molecular formula is C19H22N2OS. The lowest BCUT2D eigenvalue weighted by Gasteiger charge is -2.12. The number of hydrogen-bond acceptors (Lipinski definition) is 4. The predicted molar refractivity (Wildman–Crippen MR) is 99.2 cm³/mol. The van der Waals surface area contributed by atoms with E-state index in [1.807, 2.05) is 30.3 Å². The van der Waals surface area contributed by atoms with Crippen molar-refractivity contribution in [3.05, 3.63) is 47.5 Å². The summed E-state index contributed by atoms with van der Waals surface area (Å²) in [6, 6.07) is 12.3. The highest BCUT2D eigenvalue weighted by Gasteiger charge is 2.15. The van der Waals surface area contributed by atoms with Crippen molar-refractivity contribution in [2.24, 2.45) is 5.92 Å². The van der Waals surface area contributed by atoms with E-state index in [4.69, 9.17) is 9.72 Å². The van der Waals surface area contributed by atoms with Gasteiger partial charge in [0.1, 0.15) is 11.3 Å². The average Bonchev–Trinajstić information content (AvgIpc) is 2.92. The second kappa shape index (κ2) is 6.59. The summed E-state index contributed by atoms with van der Waals surface area (Å²) in [5.41, 5.74) is 4.40. The molecule has 2 aromatic carbocycles. The molecule has 3 rings (SSSR count). The number of ether oxygens (including phenoxy) is 1. The monoisotopic (exact) mass is 326 g/mol. The van der Waals surface area contributed by atoms with Crippen LogP contribution in [0.4, 0.5) is 10.8 Å². The maximum absolute atomic E-state index is 6.05. The number of nitrogens with one attached hydrogen (secondary N) is 1. The summed E-state index contributed by atoms with van der Waals surface area (Å²) in [6.07, 6.45) is 0. The zero-order valence-corrected chi connectivity index (χ0v) is 14.8. The molecule has 0 fully saturated rings. The minimum Gasteiger partial charge on any atom is -0.491 e. The van der Waals surface area contributed by atoms with E-state index < -0.39 is 0 Å². The molecule has 0 radical (unpaired) electrons. The number of anilines is 2. The zero-order chi connectivity index (χ0) is 16.4. The van der Waals surface area contributed by atoms with Crippen molar-refractivity contribution in [3.8, 4) is 5.75 Å². The summed E-state index contributed by atoms with van der Waals surface area (Å²) in [4.78, 5) is 4.79. The summed E-state index contributed by atoms with van der Waals surface area (Å²) in [7, 11) is 0. The van der Waals surface area contributed by atoms with E-state index in [2.05, 4.69) is 39.1 Å². The fourth-order valence-electron chi connectivity index (χ4n) is 2.51. The van der Waals surface area contributed by atoms with Crippen LogP contribution >= 0.6 is 11.3 Å². The second-order valence-electron chi connectivity index (χ2n) is 6.23. The lowest BCUT2D eigenvalue weighted by molar-refractivity contribution is 0.272. The molecule has 3 nitrogen and oxygen atoms in total. The average molecular weight is 326 g/mol. The number of rotatable bonds is 5. The van der Waals surface area contributed by atoms with E-state index in [1.165, 1.54) is 10.3 Å². The second-order valence-corrected chi connectivity index (χ2v) is 7.23. The predicted octanol–water partition coefficient (Wildman–Crippen LogP) is 5.69. The van der Waals surface area contributed by atoms with Gasteiger partial charge in [0.2, 0.25) is 0 Å². The van der Waals surface area contributed by atoms with Crippen LogP contribution in [0.2, 0.25) is 0 Å². The SMILES string of the molecule is Cc1cc(C)c2sc(Nc3ccccc3)nc2c1OCC(C)C. The molecule has 0 spiro atoms. The molecule has 0 atom stereocenters. The molecule has 0 aliphatic rings. The smallest absolute Gasteiger partial charge is 0.188 e. The molecule has 1 N–H and O–H groups in total. The van der Waals surface area contributed by atoms with Crippen molar-refractivity contribution < 1.29 is 4.74 Å². The van der Waals surface area contributed by atoms with E-state index in [9.17, 15) is 0 Å². The van der Waals surface area contributed by atoms with Gasteiger partial charge in [-0.1, -0.05) is 49.4 Å². The molecule has 0 aliphatic carbocycles. The lowest BCUT2D eigenvalue weighted by Crippen LogP contribution is -2.06. The van der Waals surface area contributed by atoms with Crippen LogP contribution in [0.1, 0.15) is 25.0 Å². The topological polar surface area (TPSA) is 34.2 Å². The number of aromatic nitrogens is 1. The molecular weight excluding hydrogens is 304 g/mol. The third kappa shape index (κ3) is 3.48. The number of benzene rings is 2. The molecule has 3 aromatic rings. The first kappa shape index (κ1) is 15.8. The van der Waals surface area contributed by atoms with Crippen LogP contribution < -0.4 is 10.1 Å². The number of aryl methyl sites for hydroxylation is 2. The summed E-state index contributed by atoms with van der Waals surface area (Å²) in [5, 5.41) is 4.28. The molecule has 0 aliphatic heterocycles. The molecule has 0 bridgehead atoms. The number of para-hydroxylation sites is 1. The van der Waals surface area contributed by atoms with Crippen LogP contribution in [0.3, 0.4) is 0 Å². The van der Waals surface area contributed by atoms with E-state index in [-0.39, 0.29) is 0 Å². The summed E-state index contributed by atoms with van der Waals surface area (Å²) < 4.78 is 7.23. The molecule has 1 aromatic heterocycles. The van der Waals surface area contributed by atoms with Gasteiger partial charge in [0, 0.05) is 5.69 Å². The molecule has 0 saturated carbocycles. The van der Waals surface area contributed by atoms with Crippen molar-refractivity contribution in [3.63, 3.8) is 0 Å². The van der Waals surface area contributed by atoms with Gasteiger partial charge in [-0.05, 0) is 43.0 Å². The Hall–Kier alpha value is -2.07. The minimum atomic E-state index is 0.492. The molecule has 1 heterocycles. The highest BCUT2D eigenvalue weighted by atomic mass is 32.1. The van der Waals surface area contributed by atoms with E-state index >= 15 is 0 Å². The van der Waals surface area contributed by atoms with Crippen LogP contribution in [-0.2, 0) is 0 Å². The van der Waals surface area contributed by atoms with E-state index in [0.29, 0.717) is 12.5 Å². The fraction of sp³-hybridized carbons (Fsp3) is 0.316. The quantitative estimate of drug-likeness (QED) is 0.654. The first-order valence-corrected chi connectivity index (χ1v) is 8.72. The maximum Gasteiger partial charge on any atom is 0.188 e. The summed E-state index contributed by atoms with van der Waals surface area (Å²) >= 11 is 1.67. The molecule has 120 valence electrons. The highest BCUT2D eigenvalue weighted by Crippen LogP contribution is 2.38. The molecule has 23 heavy (non-hydrogen) atoms. The van der Waals surface area contributed by atoms with Gasteiger partial charge in [-0.25, -0.2) is 4.98 Å². The van der Waals surface area contributed by atoms with Crippen molar-refractivity contribution >= 4 is 32.4 Å². The summed E-state index contributed by atoms with van der Waals surface area (Å²) in [6.45, 7) is 9.24. The van der Waals surface area contributed by atoms with Gasteiger partial charge in [-0.15, -0.1) is 0 Å². The van der Waals surface area contributed by atoms with Crippen molar-refractivity contribution in [2.45, 2.75) is 27.7 Å². The number of thiazole rings is 1. The van der Waals surface area contributed by atoms with Gasteiger partial charge in [0.15, 0.2) is 5.13 Å². The van der Waals surface area contributed by atoms with Crippen molar-refractivity contribution in [1.82, 2.24) is 4.98 Å². The minimum absolute atomic E-state index is 0.492. The molecule has 0 unspecified atom stereocenters. The Balaban J connectivity index is 2.00. The molecule has 4 heteroatoms. The van der Waals surface area contributed by atoms with Gasteiger partial charge in [0.05, 0.1) is 11.3 Å². The Morgan fingerprint density at radius 1 is 1.13 bits per heavy atom. The van der Waals surface area contributed by atoms with Crippen LogP contribution in [0.15, 0.2) is 36.4 Å². The van der Waals surface area contributed by atoms with Gasteiger partial charge in [0.25, 0.3) is 0 Å². The van der Waals surface area contributed by atoms with E-state index in [1.54, 1.807) is 11.3 Å². The number of hydrogen-bond donors (Lipinski definition) is 1.